The lowest BCUT2D eigenvalue weighted by atomic mass is 10.1. The third-order valence-electron chi connectivity index (χ3n) is 6.83. The lowest BCUT2D eigenvalue weighted by Gasteiger charge is -2.09. The van der Waals surface area contributed by atoms with Crippen LogP contribution >= 0.6 is 0 Å². The predicted octanol–water partition coefficient (Wildman–Crippen LogP) is 3.30. The summed E-state index contributed by atoms with van der Waals surface area (Å²) in [5.41, 5.74) is 1.62. The largest absolute Gasteiger partial charge is 0.463 e. The van der Waals surface area contributed by atoms with Gasteiger partial charge in [-0.25, -0.2) is 24.0 Å². The van der Waals surface area contributed by atoms with Crippen molar-refractivity contribution < 1.29 is 76.2 Å². The highest BCUT2D eigenvalue weighted by Gasteiger charge is 2.13. The highest BCUT2D eigenvalue weighted by molar-refractivity contribution is 5.94. The third kappa shape index (κ3) is 16.1. The maximum Gasteiger partial charge on any atom is 0.338 e. The van der Waals surface area contributed by atoms with Gasteiger partial charge in [-0.15, -0.1) is 0 Å². The Morgan fingerprint density at radius 3 is 0.815 bits per heavy atom. The molecule has 3 aromatic rings. The molecule has 0 aliphatic rings. The van der Waals surface area contributed by atoms with Crippen molar-refractivity contribution in [1.29, 1.82) is 0 Å². The minimum absolute atomic E-state index is 0.00149. The summed E-state index contributed by atoms with van der Waals surface area (Å²) in [5, 5.41) is 0. The van der Waals surface area contributed by atoms with Crippen molar-refractivity contribution in [3.63, 3.8) is 0 Å². The molecule has 0 unspecified atom stereocenters. The second-order valence-electron chi connectivity index (χ2n) is 10.8. The van der Waals surface area contributed by atoms with E-state index in [0.717, 1.165) is 0 Å². The first-order valence-corrected chi connectivity index (χ1v) is 16.7. The molecule has 0 bridgehead atoms. The number of benzene rings is 3. The van der Waals surface area contributed by atoms with E-state index in [1.165, 1.54) is 79.7 Å². The van der Waals surface area contributed by atoms with Crippen LogP contribution < -0.4 is 0 Å². The number of carbonyl (C=O) groups is 7. The van der Waals surface area contributed by atoms with Crippen LogP contribution in [0.4, 0.5) is 0 Å². The number of carbonyl (C=O) groups excluding carboxylic acids is 7. The Hall–Kier alpha value is -5.97. The van der Waals surface area contributed by atoms with Crippen molar-refractivity contribution in [3.8, 4) is 0 Å². The molecule has 0 aliphatic carbocycles. The first-order valence-electron chi connectivity index (χ1n) is 16.7. The molecule has 0 aliphatic heterocycles. The van der Waals surface area contributed by atoms with E-state index in [1.807, 2.05) is 0 Å². The van der Waals surface area contributed by atoms with E-state index < -0.39 is 35.8 Å². The first-order chi connectivity index (χ1) is 26.2. The second-order valence-corrected chi connectivity index (χ2v) is 10.8. The van der Waals surface area contributed by atoms with Crippen LogP contribution in [0.3, 0.4) is 0 Å². The lowest BCUT2D eigenvalue weighted by molar-refractivity contribution is -0.142. The van der Waals surface area contributed by atoms with Gasteiger partial charge in [0.15, 0.2) is 0 Å². The maximum atomic E-state index is 12.3. The Balaban J connectivity index is 1.19. The number of esters is 6. The van der Waals surface area contributed by atoms with E-state index >= 15 is 0 Å². The van der Waals surface area contributed by atoms with Crippen molar-refractivity contribution in [3.05, 3.63) is 106 Å². The fourth-order valence-corrected chi connectivity index (χ4v) is 4.12. The Morgan fingerprint density at radius 1 is 0.370 bits per heavy atom. The normalized spacial score (nSPS) is 10.5. The van der Waals surface area contributed by atoms with Crippen LogP contribution in [0.1, 0.15) is 69.1 Å². The molecule has 0 aromatic heterocycles. The van der Waals surface area contributed by atoms with Crippen molar-refractivity contribution in [2.75, 3.05) is 79.3 Å². The molecule has 3 rings (SSSR count). The van der Waals surface area contributed by atoms with E-state index in [-0.39, 0.29) is 102 Å². The number of rotatable bonds is 24. The molecule has 54 heavy (non-hydrogen) atoms. The fraction of sp³-hybridized carbons (Fsp3) is 0.342. The van der Waals surface area contributed by atoms with Gasteiger partial charge in [0.1, 0.15) is 45.9 Å². The highest BCUT2D eigenvalue weighted by atomic mass is 16.6. The van der Waals surface area contributed by atoms with E-state index in [4.69, 9.17) is 42.6 Å². The van der Waals surface area contributed by atoms with E-state index in [9.17, 15) is 33.6 Å². The Bertz CT molecular complexity index is 1670. The summed E-state index contributed by atoms with van der Waals surface area (Å²) < 4.78 is 46.2. The average molecular weight is 753 g/mol. The number of hydrogen-bond acceptors (Lipinski definition) is 16. The summed E-state index contributed by atoms with van der Waals surface area (Å²) in [6, 6.07) is 17.4. The SMILES string of the molecule is CC(=O)OCCOCCOC(=O)c1ccc(C(=O)OCCOCCOC(=O)c2ccc(C(=O)OCCOCCOC(=O)c3ccc(C=O)cc3)cc2)cc1. The zero-order chi connectivity index (χ0) is 39.0. The minimum Gasteiger partial charge on any atom is -0.463 e. The first kappa shape index (κ1) is 42.4. The maximum absolute atomic E-state index is 12.3. The quantitative estimate of drug-likeness (QED) is 0.0558. The summed E-state index contributed by atoms with van der Waals surface area (Å²) in [5.74, 6) is -3.43. The van der Waals surface area contributed by atoms with Gasteiger partial charge in [-0.05, 0) is 60.7 Å². The van der Waals surface area contributed by atoms with Gasteiger partial charge in [-0.1, -0.05) is 12.1 Å². The predicted molar refractivity (Wildman–Crippen MR) is 185 cm³/mol. The van der Waals surface area contributed by atoms with Crippen molar-refractivity contribution in [1.82, 2.24) is 0 Å². The molecule has 16 nitrogen and oxygen atoms in total. The molecule has 0 atom stereocenters. The lowest BCUT2D eigenvalue weighted by Crippen LogP contribution is -2.16. The van der Waals surface area contributed by atoms with Crippen LogP contribution in [-0.4, -0.2) is 121 Å². The molecule has 3 aromatic carbocycles. The molecule has 288 valence electrons. The summed E-state index contributed by atoms with van der Waals surface area (Å²) in [7, 11) is 0. The van der Waals surface area contributed by atoms with E-state index in [0.29, 0.717) is 17.4 Å². The number of aldehydes is 1. The summed E-state index contributed by atoms with van der Waals surface area (Å²) >= 11 is 0. The van der Waals surface area contributed by atoms with Gasteiger partial charge in [0.05, 0.1) is 67.5 Å². The summed E-state index contributed by atoms with van der Waals surface area (Å²) in [4.78, 5) is 82.3. The third-order valence-corrected chi connectivity index (χ3v) is 6.83. The van der Waals surface area contributed by atoms with E-state index in [2.05, 4.69) is 0 Å². The molecule has 0 spiro atoms. The van der Waals surface area contributed by atoms with Crippen LogP contribution in [0.15, 0.2) is 72.8 Å². The molecule has 0 amide bonds. The Kier molecular flexibility index (Phi) is 19.1. The van der Waals surface area contributed by atoms with E-state index in [1.54, 1.807) is 0 Å². The summed E-state index contributed by atoms with van der Waals surface area (Å²) in [6.45, 7) is 1.78. The van der Waals surface area contributed by atoms with Gasteiger partial charge in [-0.3, -0.25) is 9.59 Å². The van der Waals surface area contributed by atoms with Crippen molar-refractivity contribution >= 4 is 42.1 Å². The van der Waals surface area contributed by atoms with Crippen LogP contribution in [0.25, 0.3) is 0 Å². The van der Waals surface area contributed by atoms with Crippen molar-refractivity contribution in [2.24, 2.45) is 0 Å². The van der Waals surface area contributed by atoms with Gasteiger partial charge in [-0.2, -0.15) is 0 Å². The van der Waals surface area contributed by atoms with Gasteiger partial charge in [0.2, 0.25) is 0 Å². The molecule has 0 N–H and O–H groups in total. The van der Waals surface area contributed by atoms with Gasteiger partial charge in [0, 0.05) is 12.5 Å². The van der Waals surface area contributed by atoms with Gasteiger partial charge >= 0.3 is 35.8 Å². The molecule has 16 heteroatoms. The number of ether oxygens (including phenoxy) is 9. The van der Waals surface area contributed by atoms with Crippen LogP contribution in [0.2, 0.25) is 0 Å². The van der Waals surface area contributed by atoms with Crippen molar-refractivity contribution in [2.45, 2.75) is 6.92 Å². The smallest absolute Gasteiger partial charge is 0.338 e. The molecule has 0 radical (unpaired) electrons. The highest BCUT2D eigenvalue weighted by Crippen LogP contribution is 2.10. The van der Waals surface area contributed by atoms with Gasteiger partial charge < -0.3 is 42.6 Å². The van der Waals surface area contributed by atoms with Crippen LogP contribution in [0.5, 0.6) is 0 Å². The Labute approximate surface area is 310 Å². The minimum atomic E-state index is -0.631. The molecular weight excluding hydrogens is 712 g/mol. The number of hydrogen-bond donors (Lipinski definition) is 0. The molecule has 0 fully saturated rings. The standard InChI is InChI=1S/C38H40O16/c1-27(40)49-20-14-46-15-21-51-35(42)30-6-8-31(9-7-30)37(44)53-24-18-48-19-25-54-38(45)33-12-10-32(11-13-33)36(43)52-23-17-47-16-22-50-34(41)29-4-2-28(26-39)3-5-29/h2-13,26H,14-25H2,1H3. The summed E-state index contributed by atoms with van der Waals surface area (Å²) in [6.07, 6.45) is 0.672. The average Bonchev–Trinajstić information content (AvgIpc) is 3.19. The fourth-order valence-electron chi connectivity index (χ4n) is 4.12. The zero-order valence-electron chi connectivity index (χ0n) is 29.5. The van der Waals surface area contributed by atoms with Gasteiger partial charge in [0.25, 0.3) is 0 Å². The molecule has 0 heterocycles. The molecular formula is C38H40O16. The topological polar surface area (TPSA) is 203 Å². The van der Waals surface area contributed by atoms with Crippen LogP contribution in [-0.2, 0) is 47.4 Å². The second kappa shape index (κ2) is 24.3. The zero-order valence-corrected chi connectivity index (χ0v) is 29.5. The molecule has 0 saturated heterocycles. The molecule has 0 saturated carbocycles. The Morgan fingerprint density at radius 2 is 0.593 bits per heavy atom. The van der Waals surface area contributed by atoms with Crippen LogP contribution in [0, 0.1) is 0 Å². The monoisotopic (exact) mass is 752 g/mol.